The van der Waals surface area contributed by atoms with E-state index in [1.807, 2.05) is 0 Å². The van der Waals surface area contributed by atoms with E-state index in [0.717, 1.165) is 5.56 Å². The van der Waals surface area contributed by atoms with Crippen LogP contribution in [0.25, 0.3) is 0 Å². The summed E-state index contributed by atoms with van der Waals surface area (Å²) in [6.45, 7) is -0.666. The Kier molecular flexibility index (Phi) is 6.03. The molecule has 2 aromatic carbocycles. The molecule has 0 unspecified atom stereocenters. The fraction of sp³-hybridized carbons (Fsp3) is 0.350. The minimum absolute atomic E-state index is 0.0902. The maximum absolute atomic E-state index is 10.9. The lowest BCUT2D eigenvalue weighted by molar-refractivity contribution is -0.357. The molecule has 5 N–H and O–H groups in total. The van der Waals surface area contributed by atoms with Crippen molar-refractivity contribution >= 4 is 11.6 Å². The van der Waals surface area contributed by atoms with E-state index in [-0.39, 0.29) is 5.56 Å². The Morgan fingerprint density at radius 1 is 1.07 bits per heavy atom. The maximum atomic E-state index is 10.9. The van der Waals surface area contributed by atoms with Crippen LogP contribution >= 0.6 is 11.6 Å². The molecule has 2 aromatic rings. The summed E-state index contributed by atoms with van der Waals surface area (Å²) in [5.74, 6) is -2.37. The minimum Gasteiger partial charge on any atom is -0.394 e. The lowest BCUT2D eigenvalue weighted by Gasteiger charge is -2.45. The highest BCUT2D eigenvalue weighted by atomic mass is 35.5. The number of nitriles is 1. The van der Waals surface area contributed by atoms with Gasteiger partial charge in [0.2, 0.25) is 5.79 Å². The van der Waals surface area contributed by atoms with Gasteiger partial charge in [0.25, 0.3) is 0 Å². The maximum Gasteiger partial charge on any atom is 0.222 e. The Labute approximate surface area is 166 Å². The van der Waals surface area contributed by atoms with Crippen molar-refractivity contribution in [1.29, 1.82) is 5.26 Å². The second-order valence-electron chi connectivity index (χ2n) is 6.75. The van der Waals surface area contributed by atoms with E-state index in [0.29, 0.717) is 22.6 Å². The number of rotatable bonds is 4. The van der Waals surface area contributed by atoms with Crippen LogP contribution in [0.5, 0.6) is 0 Å². The third-order valence-electron chi connectivity index (χ3n) is 4.91. The number of hydrogen-bond donors (Lipinski definition) is 5. The predicted molar refractivity (Wildman–Crippen MR) is 99.3 cm³/mol. The van der Waals surface area contributed by atoms with Gasteiger partial charge in [0.1, 0.15) is 24.4 Å². The van der Waals surface area contributed by atoms with Crippen molar-refractivity contribution in [2.24, 2.45) is 0 Å². The smallest absolute Gasteiger partial charge is 0.222 e. The minimum atomic E-state index is -2.37. The van der Waals surface area contributed by atoms with Crippen LogP contribution in [0.2, 0.25) is 5.02 Å². The Morgan fingerprint density at radius 3 is 2.36 bits per heavy atom. The molecular weight excluding hydrogens is 386 g/mol. The number of nitrogens with zero attached hydrogens (tertiary/aromatic N) is 1. The van der Waals surface area contributed by atoms with Gasteiger partial charge >= 0.3 is 0 Å². The zero-order valence-corrected chi connectivity index (χ0v) is 15.5. The van der Waals surface area contributed by atoms with Gasteiger partial charge in [-0.2, -0.15) is 5.26 Å². The number of ether oxygens (including phenoxy) is 1. The van der Waals surface area contributed by atoms with Crippen LogP contribution in [0.4, 0.5) is 0 Å². The summed E-state index contributed by atoms with van der Waals surface area (Å²) in [5.41, 5.74) is 1.89. The largest absolute Gasteiger partial charge is 0.394 e. The molecule has 0 aromatic heterocycles. The Morgan fingerprint density at radius 2 is 1.75 bits per heavy atom. The average Bonchev–Trinajstić information content (AvgIpc) is 2.71. The first-order valence-corrected chi connectivity index (χ1v) is 9.01. The number of hydrogen-bond acceptors (Lipinski definition) is 7. The van der Waals surface area contributed by atoms with E-state index < -0.39 is 36.8 Å². The highest BCUT2D eigenvalue weighted by Gasteiger charge is 2.53. The molecule has 3 rings (SSSR count). The molecule has 5 atom stereocenters. The molecule has 1 aliphatic rings. The highest BCUT2D eigenvalue weighted by Crippen LogP contribution is 2.37. The van der Waals surface area contributed by atoms with E-state index in [2.05, 4.69) is 6.07 Å². The fourth-order valence-corrected chi connectivity index (χ4v) is 3.41. The number of benzene rings is 2. The van der Waals surface area contributed by atoms with Gasteiger partial charge in [0.05, 0.1) is 18.2 Å². The Bertz CT molecular complexity index is 881. The molecule has 1 aliphatic heterocycles. The van der Waals surface area contributed by atoms with Crippen molar-refractivity contribution in [3.63, 3.8) is 0 Å². The van der Waals surface area contributed by atoms with Crippen LogP contribution < -0.4 is 0 Å². The molecule has 0 amide bonds. The summed E-state index contributed by atoms with van der Waals surface area (Å²) in [6.07, 6.45) is -6.09. The third kappa shape index (κ3) is 3.77. The van der Waals surface area contributed by atoms with Crippen LogP contribution in [0.3, 0.4) is 0 Å². The van der Waals surface area contributed by atoms with E-state index in [9.17, 15) is 30.8 Å². The molecular formula is C20H20ClNO6. The molecule has 1 fully saturated rings. The van der Waals surface area contributed by atoms with Gasteiger partial charge in [0, 0.05) is 10.6 Å². The zero-order chi connectivity index (χ0) is 20.5. The molecule has 0 radical (unpaired) electrons. The Balaban J connectivity index is 2.00. The van der Waals surface area contributed by atoms with Crippen molar-refractivity contribution < 1.29 is 30.3 Å². The average molecular weight is 406 g/mol. The van der Waals surface area contributed by atoms with Gasteiger partial charge in [0.15, 0.2) is 0 Å². The van der Waals surface area contributed by atoms with Crippen LogP contribution in [0.1, 0.15) is 22.3 Å². The van der Waals surface area contributed by atoms with Gasteiger partial charge in [-0.15, -0.1) is 0 Å². The number of halogens is 1. The molecule has 1 heterocycles. The van der Waals surface area contributed by atoms with E-state index in [4.69, 9.17) is 16.3 Å². The van der Waals surface area contributed by atoms with Gasteiger partial charge in [-0.25, -0.2) is 0 Å². The lowest BCUT2D eigenvalue weighted by Crippen LogP contribution is -2.63. The van der Waals surface area contributed by atoms with Crippen molar-refractivity contribution in [2.75, 3.05) is 6.61 Å². The van der Waals surface area contributed by atoms with Crippen LogP contribution in [0, 0.1) is 11.3 Å². The lowest BCUT2D eigenvalue weighted by atomic mass is 9.86. The van der Waals surface area contributed by atoms with Crippen molar-refractivity contribution in [2.45, 2.75) is 36.6 Å². The fourth-order valence-electron chi connectivity index (χ4n) is 3.29. The summed E-state index contributed by atoms with van der Waals surface area (Å²) >= 11 is 5.89. The quantitative estimate of drug-likeness (QED) is 0.497. The molecule has 0 spiro atoms. The molecule has 1 saturated heterocycles. The molecule has 0 saturated carbocycles. The third-order valence-corrected chi connectivity index (χ3v) is 5.17. The monoisotopic (exact) mass is 405 g/mol. The van der Waals surface area contributed by atoms with Gasteiger partial charge in [-0.05, 0) is 41.8 Å². The van der Waals surface area contributed by atoms with Crippen LogP contribution in [-0.4, -0.2) is 56.6 Å². The van der Waals surface area contributed by atoms with Crippen LogP contribution in [0.15, 0.2) is 42.5 Å². The first-order chi connectivity index (χ1) is 13.3. The Hall–Kier alpha value is -2.02. The first-order valence-electron chi connectivity index (χ1n) is 8.63. The summed E-state index contributed by atoms with van der Waals surface area (Å²) in [6, 6.07) is 13.5. The molecule has 28 heavy (non-hydrogen) atoms. The predicted octanol–water partition coefficient (Wildman–Crippen LogP) is 0.421. The second kappa shape index (κ2) is 8.15. The summed E-state index contributed by atoms with van der Waals surface area (Å²) < 4.78 is 5.34. The number of aliphatic hydroxyl groups is 5. The van der Waals surface area contributed by atoms with Gasteiger partial charge in [-0.3, -0.25) is 0 Å². The van der Waals surface area contributed by atoms with E-state index >= 15 is 0 Å². The van der Waals surface area contributed by atoms with Crippen molar-refractivity contribution in [3.05, 3.63) is 69.7 Å². The summed E-state index contributed by atoms with van der Waals surface area (Å²) in [4.78, 5) is 0. The number of aliphatic hydroxyl groups excluding tert-OH is 4. The highest BCUT2D eigenvalue weighted by molar-refractivity contribution is 6.30. The van der Waals surface area contributed by atoms with Crippen molar-refractivity contribution in [1.82, 2.24) is 0 Å². The molecule has 8 heteroatoms. The van der Waals surface area contributed by atoms with E-state index in [1.54, 1.807) is 24.3 Å². The molecule has 148 valence electrons. The normalized spacial score (nSPS) is 30.0. The van der Waals surface area contributed by atoms with Gasteiger partial charge < -0.3 is 30.3 Å². The zero-order valence-electron chi connectivity index (χ0n) is 14.7. The topological polar surface area (TPSA) is 134 Å². The standard InChI is InChI=1S/C20H20ClNO6/c21-15-5-1-11(2-6-15)7-13-8-14(4-3-12(13)9-22)20(27)19(26)18(25)17(24)16(10-23)28-20/h1-6,8,16-19,23-27H,7,10H2/t16-,17-,18+,19-,20+/m1/s1. The van der Waals surface area contributed by atoms with Crippen molar-refractivity contribution in [3.8, 4) is 6.07 Å². The SMILES string of the molecule is N#Cc1ccc([C@]2(O)O[C@H](CO)[C@@H](O)[C@H](O)[C@H]2O)cc1Cc1ccc(Cl)cc1. The van der Waals surface area contributed by atoms with Gasteiger partial charge in [-0.1, -0.05) is 29.8 Å². The summed E-state index contributed by atoms with van der Waals surface area (Å²) in [5, 5.41) is 60.5. The summed E-state index contributed by atoms with van der Waals surface area (Å²) in [7, 11) is 0. The van der Waals surface area contributed by atoms with E-state index in [1.165, 1.54) is 18.2 Å². The van der Waals surface area contributed by atoms with Crippen LogP contribution in [-0.2, 0) is 16.9 Å². The first kappa shape index (κ1) is 20.7. The molecule has 0 aliphatic carbocycles. The molecule has 7 nitrogen and oxygen atoms in total. The molecule has 0 bridgehead atoms. The second-order valence-corrected chi connectivity index (χ2v) is 7.18.